The quantitative estimate of drug-likeness (QED) is 0.583. The standard InChI is InChI=1S/C14H17ClN4O5/c1-22-10-8(20)6(9(21)11(23-2)12(10)24-3)7(15)5-4-18-14(17)19-13(5)16/h4,7,20-21H,1-3H3,(H4,16,17,18,19). The number of rotatable bonds is 5. The van der Waals surface area contributed by atoms with Gasteiger partial charge in [-0.15, -0.1) is 11.6 Å². The number of nitrogens with zero attached hydrogens (tertiary/aromatic N) is 2. The van der Waals surface area contributed by atoms with Crippen molar-refractivity contribution in [2.75, 3.05) is 32.8 Å². The summed E-state index contributed by atoms with van der Waals surface area (Å²) in [6.07, 6.45) is 1.30. The third-order valence-corrected chi connectivity index (χ3v) is 3.81. The smallest absolute Gasteiger partial charge is 0.221 e. The molecular weight excluding hydrogens is 340 g/mol. The molecule has 6 N–H and O–H groups in total. The minimum Gasteiger partial charge on any atom is -0.504 e. The summed E-state index contributed by atoms with van der Waals surface area (Å²) in [4.78, 5) is 7.62. The van der Waals surface area contributed by atoms with Gasteiger partial charge in [0.25, 0.3) is 0 Å². The number of aromatic nitrogens is 2. The molecule has 0 spiro atoms. The third-order valence-electron chi connectivity index (χ3n) is 3.36. The molecule has 0 aliphatic carbocycles. The fourth-order valence-corrected chi connectivity index (χ4v) is 2.62. The summed E-state index contributed by atoms with van der Waals surface area (Å²) in [5, 5.41) is 19.8. The lowest BCUT2D eigenvalue weighted by Gasteiger charge is -2.21. The number of methoxy groups -OCH3 is 3. The monoisotopic (exact) mass is 356 g/mol. The number of anilines is 2. The first-order valence-electron chi connectivity index (χ1n) is 6.62. The molecule has 1 aromatic heterocycles. The van der Waals surface area contributed by atoms with E-state index in [2.05, 4.69) is 9.97 Å². The van der Waals surface area contributed by atoms with Crippen LogP contribution in [0.25, 0.3) is 0 Å². The average Bonchev–Trinajstić information content (AvgIpc) is 2.54. The van der Waals surface area contributed by atoms with Gasteiger partial charge in [0.2, 0.25) is 23.2 Å². The second-order valence-electron chi connectivity index (χ2n) is 4.64. The van der Waals surface area contributed by atoms with Crippen LogP contribution >= 0.6 is 11.6 Å². The third kappa shape index (κ3) is 2.73. The van der Waals surface area contributed by atoms with Crippen molar-refractivity contribution in [2.45, 2.75) is 5.38 Å². The number of hydrogen-bond donors (Lipinski definition) is 4. The van der Waals surface area contributed by atoms with Crippen LogP contribution in [0.15, 0.2) is 6.20 Å². The van der Waals surface area contributed by atoms with Gasteiger partial charge < -0.3 is 35.9 Å². The van der Waals surface area contributed by atoms with E-state index in [1.54, 1.807) is 0 Å². The minimum absolute atomic E-state index is 0.00931. The molecule has 2 aromatic rings. The van der Waals surface area contributed by atoms with Gasteiger partial charge in [-0.2, -0.15) is 4.98 Å². The zero-order valence-electron chi connectivity index (χ0n) is 13.2. The molecule has 0 saturated heterocycles. The number of nitrogens with two attached hydrogens (primary N) is 2. The number of hydrogen-bond acceptors (Lipinski definition) is 9. The van der Waals surface area contributed by atoms with Gasteiger partial charge in [-0.1, -0.05) is 0 Å². The summed E-state index contributed by atoms with van der Waals surface area (Å²) in [7, 11) is 3.98. The zero-order chi connectivity index (χ0) is 18.0. The molecule has 1 unspecified atom stereocenters. The van der Waals surface area contributed by atoms with Gasteiger partial charge in [-0.25, -0.2) is 4.98 Å². The van der Waals surface area contributed by atoms with Crippen molar-refractivity contribution in [2.24, 2.45) is 0 Å². The molecule has 24 heavy (non-hydrogen) atoms. The Morgan fingerprint density at radius 3 is 1.92 bits per heavy atom. The highest BCUT2D eigenvalue weighted by Gasteiger charge is 2.32. The fraction of sp³-hybridized carbons (Fsp3) is 0.286. The number of phenolic OH excluding ortho intramolecular Hbond substituents is 2. The SMILES string of the molecule is COc1c(O)c(C(Cl)c2cnc(N)nc2N)c(O)c(OC)c1OC. The van der Waals surface area contributed by atoms with Gasteiger partial charge in [0, 0.05) is 11.8 Å². The van der Waals surface area contributed by atoms with E-state index in [4.69, 9.17) is 37.3 Å². The first-order chi connectivity index (χ1) is 11.4. The van der Waals surface area contributed by atoms with Gasteiger partial charge >= 0.3 is 0 Å². The largest absolute Gasteiger partial charge is 0.504 e. The molecule has 1 atom stereocenters. The van der Waals surface area contributed by atoms with E-state index in [0.29, 0.717) is 0 Å². The minimum atomic E-state index is -1.10. The van der Waals surface area contributed by atoms with Crippen molar-refractivity contribution in [3.05, 3.63) is 17.3 Å². The Balaban J connectivity index is 2.73. The Bertz CT molecular complexity index is 740. The Labute approximate surface area is 142 Å². The van der Waals surface area contributed by atoms with Crippen molar-refractivity contribution in [1.82, 2.24) is 9.97 Å². The molecule has 10 heteroatoms. The molecule has 0 aliphatic heterocycles. The maximum atomic E-state index is 10.5. The maximum absolute atomic E-state index is 10.5. The molecular formula is C14H17ClN4O5. The highest BCUT2D eigenvalue weighted by atomic mass is 35.5. The number of aromatic hydroxyl groups is 2. The summed E-state index contributed by atoms with van der Waals surface area (Å²) in [5.74, 6) is -0.962. The topological polar surface area (TPSA) is 146 Å². The van der Waals surface area contributed by atoms with E-state index in [9.17, 15) is 10.2 Å². The van der Waals surface area contributed by atoms with Crippen LogP contribution in [0.2, 0.25) is 0 Å². The highest BCUT2D eigenvalue weighted by Crippen LogP contribution is 2.56. The van der Waals surface area contributed by atoms with E-state index in [-0.39, 0.29) is 40.1 Å². The Kier molecular flexibility index (Phi) is 4.93. The van der Waals surface area contributed by atoms with Crippen molar-refractivity contribution in [3.63, 3.8) is 0 Å². The molecule has 0 amide bonds. The van der Waals surface area contributed by atoms with Gasteiger partial charge in [0.05, 0.1) is 32.3 Å². The molecule has 0 fully saturated rings. The molecule has 1 heterocycles. The van der Waals surface area contributed by atoms with E-state index in [0.717, 1.165) is 0 Å². The van der Waals surface area contributed by atoms with Crippen molar-refractivity contribution >= 4 is 23.4 Å². The van der Waals surface area contributed by atoms with Crippen molar-refractivity contribution in [1.29, 1.82) is 0 Å². The molecule has 2 rings (SSSR count). The second-order valence-corrected chi connectivity index (χ2v) is 5.08. The van der Waals surface area contributed by atoms with Gasteiger partial charge in [-0.05, 0) is 0 Å². The number of alkyl halides is 1. The number of ether oxygens (including phenoxy) is 3. The fourth-order valence-electron chi connectivity index (χ4n) is 2.25. The molecule has 130 valence electrons. The molecule has 1 aromatic carbocycles. The predicted octanol–water partition coefficient (Wildman–Crippen LogP) is 1.41. The Morgan fingerprint density at radius 2 is 1.50 bits per heavy atom. The summed E-state index contributed by atoms with van der Waals surface area (Å²) in [6.45, 7) is 0. The van der Waals surface area contributed by atoms with Gasteiger partial charge in [0.15, 0.2) is 11.5 Å². The maximum Gasteiger partial charge on any atom is 0.221 e. The van der Waals surface area contributed by atoms with Crippen LogP contribution in [0, 0.1) is 0 Å². The molecule has 9 nitrogen and oxygen atoms in total. The van der Waals surface area contributed by atoms with Gasteiger partial charge in [-0.3, -0.25) is 0 Å². The Hall–Kier alpha value is -2.81. The van der Waals surface area contributed by atoms with Gasteiger partial charge in [0.1, 0.15) is 5.82 Å². The Morgan fingerprint density at radius 1 is 1.00 bits per heavy atom. The summed E-state index contributed by atoms with van der Waals surface area (Å²) in [5.41, 5.74) is 11.4. The number of nitrogen functional groups attached to an aromatic ring is 2. The van der Waals surface area contributed by atoms with Crippen LogP contribution in [-0.4, -0.2) is 41.5 Å². The lowest BCUT2D eigenvalue weighted by atomic mass is 10.0. The van der Waals surface area contributed by atoms with Crippen molar-refractivity contribution in [3.8, 4) is 28.7 Å². The zero-order valence-corrected chi connectivity index (χ0v) is 14.0. The lowest BCUT2D eigenvalue weighted by Crippen LogP contribution is -2.07. The lowest BCUT2D eigenvalue weighted by molar-refractivity contribution is 0.295. The van der Waals surface area contributed by atoms with E-state index in [1.165, 1.54) is 27.5 Å². The van der Waals surface area contributed by atoms with Crippen molar-refractivity contribution < 1.29 is 24.4 Å². The van der Waals surface area contributed by atoms with Crippen LogP contribution in [0.3, 0.4) is 0 Å². The van der Waals surface area contributed by atoms with Crippen LogP contribution in [0.1, 0.15) is 16.5 Å². The number of benzene rings is 1. The summed E-state index contributed by atoms with van der Waals surface area (Å²) in [6, 6.07) is 0. The molecule has 0 saturated carbocycles. The summed E-state index contributed by atoms with van der Waals surface area (Å²) >= 11 is 6.38. The highest BCUT2D eigenvalue weighted by molar-refractivity contribution is 6.23. The molecule has 0 bridgehead atoms. The first-order valence-corrected chi connectivity index (χ1v) is 7.06. The average molecular weight is 357 g/mol. The normalized spacial score (nSPS) is 11.8. The number of phenols is 2. The predicted molar refractivity (Wildman–Crippen MR) is 88.0 cm³/mol. The molecule has 0 radical (unpaired) electrons. The first kappa shape index (κ1) is 17.5. The van der Waals surface area contributed by atoms with E-state index >= 15 is 0 Å². The van der Waals surface area contributed by atoms with Crippen LogP contribution in [0.5, 0.6) is 28.7 Å². The number of halogens is 1. The summed E-state index contributed by atoms with van der Waals surface area (Å²) < 4.78 is 15.4. The molecule has 0 aliphatic rings. The van der Waals surface area contributed by atoms with E-state index < -0.39 is 16.9 Å². The van der Waals surface area contributed by atoms with Crippen LogP contribution in [-0.2, 0) is 0 Å². The van der Waals surface area contributed by atoms with Crippen LogP contribution in [0.4, 0.5) is 11.8 Å². The van der Waals surface area contributed by atoms with Crippen LogP contribution < -0.4 is 25.7 Å². The second kappa shape index (κ2) is 6.75. The van der Waals surface area contributed by atoms with E-state index in [1.807, 2.05) is 0 Å².